The fourth-order valence-electron chi connectivity index (χ4n) is 3.43. The number of carbonyl (C=O) groups is 2. The van der Waals surface area contributed by atoms with Crippen molar-refractivity contribution in [1.82, 2.24) is 9.62 Å². The first-order valence-electron chi connectivity index (χ1n) is 10.4. The second-order valence-corrected chi connectivity index (χ2v) is 9.76. The van der Waals surface area contributed by atoms with Gasteiger partial charge < -0.3 is 19.8 Å². The SMILES string of the molecule is O=C(Nc1ccccc1C(=O)NCc1ccco1)c1cc(S(=O)(=O)N2CCOCC2)ccc1Cl. The number of halogens is 1. The number of rotatable bonds is 7. The van der Waals surface area contributed by atoms with Gasteiger partial charge in [-0.3, -0.25) is 9.59 Å². The van der Waals surface area contributed by atoms with E-state index >= 15 is 0 Å². The molecule has 1 aliphatic rings. The number of sulfonamides is 1. The number of nitrogens with zero attached hydrogens (tertiary/aromatic N) is 1. The molecule has 1 saturated heterocycles. The van der Waals surface area contributed by atoms with Crippen molar-refractivity contribution >= 4 is 39.1 Å². The van der Waals surface area contributed by atoms with E-state index < -0.39 is 21.8 Å². The van der Waals surface area contributed by atoms with Gasteiger partial charge in [-0.2, -0.15) is 4.31 Å². The zero-order chi connectivity index (χ0) is 24.1. The van der Waals surface area contributed by atoms with Crippen LogP contribution in [-0.4, -0.2) is 50.8 Å². The summed E-state index contributed by atoms with van der Waals surface area (Å²) < 4.78 is 37.7. The highest BCUT2D eigenvalue weighted by atomic mass is 35.5. The molecule has 0 atom stereocenters. The standard InChI is InChI=1S/C23H22ClN3O6S/c24-20-8-7-17(34(30,31)27-9-12-32-13-10-27)14-19(20)23(29)26-21-6-2-1-5-18(21)22(28)25-15-16-4-3-11-33-16/h1-8,11,14H,9-10,12-13,15H2,(H,25,28)(H,26,29). The molecule has 4 rings (SSSR count). The van der Waals surface area contributed by atoms with Crippen LogP contribution >= 0.6 is 11.6 Å². The van der Waals surface area contributed by atoms with Crippen LogP contribution in [0.25, 0.3) is 0 Å². The third-order valence-corrected chi connectivity index (χ3v) is 7.44. The van der Waals surface area contributed by atoms with Crippen molar-refractivity contribution in [3.05, 3.63) is 82.8 Å². The molecule has 1 aliphatic heterocycles. The Morgan fingerprint density at radius 3 is 2.47 bits per heavy atom. The van der Waals surface area contributed by atoms with Gasteiger partial charge in [0.05, 0.1) is 52.8 Å². The van der Waals surface area contributed by atoms with Crippen LogP contribution in [0.3, 0.4) is 0 Å². The normalized spacial score (nSPS) is 14.5. The van der Waals surface area contributed by atoms with Crippen LogP contribution in [0.15, 0.2) is 70.2 Å². The maximum atomic E-state index is 13.0. The van der Waals surface area contributed by atoms with E-state index in [1.54, 1.807) is 36.4 Å². The smallest absolute Gasteiger partial charge is 0.257 e. The molecule has 0 saturated carbocycles. The van der Waals surface area contributed by atoms with Crippen LogP contribution in [0.4, 0.5) is 5.69 Å². The van der Waals surface area contributed by atoms with E-state index in [0.29, 0.717) is 19.0 Å². The first-order chi connectivity index (χ1) is 16.4. The summed E-state index contributed by atoms with van der Waals surface area (Å²) >= 11 is 6.22. The van der Waals surface area contributed by atoms with Crippen molar-refractivity contribution in [2.75, 3.05) is 31.6 Å². The summed E-state index contributed by atoms with van der Waals surface area (Å²) in [5, 5.41) is 5.47. The lowest BCUT2D eigenvalue weighted by molar-refractivity contribution is 0.0730. The Balaban J connectivity index is 1.54. The molecule has 2 N–H and O–H groups in total. The zero-order valence-electron chi connectivity index (χ0n) is 18.0. The van der Waals surface area contributed by atoms with Gasteiger partial charge in [0.1, 0.15) is 5.76 Å². The van der Waals surface area contributed by atoms with Gasteiger partial charge in [-0.05, 0) is 42.5 Å². The Bertz CT molecular complexity index is 1290. The van der Waals surface area contributed by atoms with Gasteiger partial charge in [0.25, 0.3) is 11.8 Å². The summed E-state index contributed by atoms with van der Waals surface area (Å²) in [6.07, 6.45) is 1.51. The molecule has 0 bridgehead atoms. The number of carbonyl (C=O) groups excluding carboxylic acids is 2. The Morgan fingerprint density at radius 1 is 0.971 bits per heavy atom. The Hall–Kier alpha value is -3.18. The Labute approximate surface area is 201 Å². The van der Waals surface area contributed by atoms with Crippen molar-refractivity contribution in [3.8, 4) is 0 Å². The predicted molar refractivity (Wildman–Crippen MR) is 125 cm³/mol. The number of furan rings is 1. The molecule has 3 aromatic rings. The molecule has 0 radical (unpaired) electrons. The van der Waals surface area contributed by atoms with Crippen molar-refractivity contribution in [1.29, 1.82) is 0 Å². The molecule has 2 aromatic carbocycles. The molecule has 0 aliphatic carbocycles. The van der Waals surface area contributed by atoms with Gasteiger partial charge in [-0.25, -0.2) is 8.42 Å². The molecule has 34 heavy (non-hydrogen) atoms. The van der Waals surface area contributed by atoms with Crippen molar-refractivity contribution < 1.29 is 27.2 Å². The first-order valence-corrected chi connectivity index (χ1v) is 12.3. The van der Waals surface area contributed by atoms with E-state index in [1.165, 1.54) is 28.8 Å². The number of morpholine rings is 1. The molecule has 1 aromatic heterocycles. The molecule has 0 unspecified atom stereocenters. The third-order valence-electron chi connectivity index (χ3n) is 5.21. The summed E-state index contributed by atoms with van der Waals surface area (Å²) in [6.45, 7) is 1.25. The van der Waals surface area contributed by atoms with E-state index in [-0.39, 0.29) is 46.4 Å². The van der Waals surface area contributed by atoms with E-state index in [1.807, 2.05) is 0 Å². The monoisotopic (exact) mass is 503 g/mol. The number of hydrogen-bond donors (Lipinski definition) is 2. The lowest BCUT2D eigenvalue weighted by Gasteiger charge is -2.26. The number of anilines is 1. The minimum absolute atomic E-state index is 0.0261. The molecule has 0 spiro atoms. The van der Waals surface area contributed by atoms with Crippen molar-refractivity contribution in [2.45, 2.75) is 11.4 Å². The molecule has 1 fully saturated rings. The second-order valence-electron chi connectivity index (χ2n) is 7.42. The Morgan fingerprint density at radius 2 is 1.74 bits per heavy atom. The van der Waals surface area contributed by atoms with Gasteiger partial charge in [-0.15, -0.1) is 0 Å². The molecule has 178 valence electrons. The molecule has 2 amide bonds. The molecule has 11 heteroatoms. The minimum atomic E-state index is -3.82. The largest absolute Gasteiger partial charge is 0.467 e. The lowest BCUT2D eigenvalue weighted by Crippen LogP contribution is -2.40. The average Bonchev–Trinajstić information content (AvgIpc) is 3.37. The van der Waals surface area contributed by atoms with Crippen LogP contribution in [-0.2, 0) is 21.3 Å². The molecule has 9 nitrogen and oxygen atoms in total. The molecule has 2 heterocycles. The van der Waals surface area contributed by atoms with Crippen LogP contribution in [0, 0.1) is 0 Å². The molecular formula is C23H22ClN3O6S. The summed E-state index contributed by atoms with van der Waals surface area (Å²) in [4.78, 5) is 25.7. The van der Waals surface area contributed by atoms with Crippen LogP contribution < -0.4 is 10.6 Å². The average molecular weight is 504 g/mol. The van der Waals surface area contributed by atoms with Gasteiger partial charge in [0, 0.05) is 13.1 Å². The van der Waals surface area contributed by atoms with Gasteiger partial charge in [-0.1, -0.05) is 23.7 Å². The third kappa shape index (κ3) is 5.31. The Kier molecular flexibility index (Phi) is 7.32. The lowest BCUT2D eigenvalue weighted by atomic mass is 10.1. The fraction of sp³-hybridized carbons (Fsp3) is 0.217. The maximum absolute atomic E-state index is 13.0. The number of amides is 2. The topological polar surface area (TPSA) is 118 Å². The van der Waals surface area contributed by atoms with E-state index in [4.69, 9.17) is 20.8 Å². The van der Waals surface area contributed by atoms with Crippen molar-refractivity contribution in [3.63, 3.8) is 0 Å². The van der Waals surface area contributed by atoms with Crippen LogP contribution in [0.2, 0.25) is 5.02 Å². The van der Waals surface area contributed by atoms with Crippen LogP contribution in [0.5, 0.6) is 0 Å². The number of hydrogen-bond acceptors (Lipinski definition) is 6. The van der Waals surface area contributed by atoms with E-state index in [2.05, 4.69) is 10.6 Å². The maximum Gasteiger partial charge on any atom is 0.257 e. The second kappa shape index (κ2) is 10.4. The highest BCUT2D eigenvalue weighted by Gasteiger charge is 2.28. The number of nitrogens with one attached hydrogen (secondary N) is 2. The summed E-state index contributed by atoms with van der Waals surface area (Å²) in [5.41, 5.74) is 0.458. The molecular weight excluding hydrogens is 482 g/mol. The fourth-order valence-corrected chi connectivity index (χ4v) is 5.07. The van der Waals surface area contributed by atoms with E-state index in [9.17, 15) is 18.0 Å². The predicted octanol–water partition coefficient (Wildman–Crippen LogP) is 3.14. The number of ether oxygens (including phenoxy) is 1. The van der Waals surface area contributed by atoms with E-state index in [0.717, 1.165) is 0 Å². The number of para-hydroxylation sites is 1. The highest BCUT2D eigenvalue weighted by Crippen LogP contribution is 2.25. The summed E-state index contributed by atoms with van der Waals surface area (Å²) in [7, 11) is -3.82. The zero-order valence-corrected chi connectivity index (χ0v) is 19.6. The first kappa shape index (κ1) is 24.0. The minimum Gasteiger partial charge on any atom is -0.467 e. The van der Waals surface area contributed by atoms with Crippen molar-refractivity contribution in [2.24, 2.45) is 0 Å². The summed E-state index contributed by atoms with van der Waals surface area (Å²) in [6, 6.07) is 13.9. The van der Waals surface area contributed by atoms with Gasteiger partial charge in [0.2, 0.25) is 10.0 Å². The van der Waals surface area contributed by atoms with Crippen LogP contribution in [0.1, 0.15) is 26.5 Å². The highest BCUT2D eigenvalue weighted by molar-refractivity contribution is 7.89. The quantitative estimate of drug-likeness (QED) is 0.511. The van der Waals surface area contributed by atoms with Gasteiger partial charge in [0.15, 0.2) is 0 Å². The summed E-state index contributed by atoms with van der Waals surface area (Å²) in [5.74, 6) is -0.475. The van der Waals surface area contributed by atoms with Gasteiger partial charge >= 0.3 is 0 Å². The number of benzene rings is 2.